The molecule has 0 saturated heterocycles. The Hall–Kier alpha value is -1.51. The van der Waals surface area contributed by atoms with Crippen molar-refractivity contribution in [2.45, 2.75) is 96.0 Å². The smallest absolute Gasteiger partial charge is 0.309 e. The first-order valence-electron chi connectivity index (χ1n) is 12.1. The van der Waals surface area contributed by atoms with E-state index in [9.17, 15) is 9.90 Å². The quantitative estimate of drug-likeness (QED) is 0.582. The van der Waals surface area contributed by atoms with Crippen LogP contribution in [0.4, 0.5) is 0 Å². The van der Waals surface area contributed by atoms with Crippen LogP contribution in [-0.2, 0) is 9.53 Å². The summed E-state index contributed by atoms with van der Waals surface area (Å²) in [5, 5.41) is 9.46. The summed E-state index contributed by atoms with van der Waals surface area (Å²) in [4.78, 5) is 12.7. The molecule has 0 spiro atoms. The molecule has 0 aliphatic heterocycles. The lowest BCUT2D eigenvalue weighted by molar-refractivity contribution is -0.157. The van der Waals surface area contributed by atoms with E-state index in [4.69, 9.17) is 4.74 Å². The molecule has 3 saturated carbocycles. The van der Waals surface area contributed by atoms with Crippen molar-refractivity contribution in [1.29, 1.82) is 0 Å². The maximum Gasteiger partial charge on any atom is 0.309 e. The van der Waals surface area contributed by atoms with Gasteiger partial charge in [-0.1, -0.05) is 31.9 Å². The molecule has 3 aliphatic carbocycles. The molecule has 0 unspecified atom stereocenters. The van der Waals surface area contributed by atoms with Gasteiger partial charge in [0.2, 0.25) is 0 Å². The summed E-state index contributed by atoms with van der Waals surface area (Å²) in [6.07, 6.45) is 14.3. The summed E-state index contributed by atoms with van der Waals surface area (Å²) in [5.41, 5.74) is 1.29. The van der Waals surface area contributed by atoms with Crippen molar-refractivity contribution in [3.05, 3.63) is 29.8 Å². The van der Waals surface area contributed by atoms with Gasteiger partial charge in [-0.3, -0.25) is 4.79 Å². The molecule has 0 amide bonds. The van der Waals surface area contributed by atoms with Gasteiger partial charge in [0.1, 0.15) is 11.9 Å². The Morgan fingerprint density at radius 1 is 0.793 bits per heavy atom. The van der Waals surface area contributed by atoms with E-state index in [0.29, 0.717) is 11.7 Å². The second-order valence-electron chi connectivity index (χ2n) is 10.1. The van der Waals surface area contributed by atoms with Crippen LogP contribution in [0.25, 0.3) is 0 Å². The van der Waals surface area contributed by atoms with Crippen LogP contribution in [0.15, 0.2) is 24.3 Å². The fourth-order valence-electron chi connectivity index (χ4n) is 6.10. The van der Waals surface area contributed by atoms with Crippen LogP contribution in [0.3, 0.4) is 0 Å². The number of phenolic OH excluding ortho intramolecular Hbond substituents is 1. The van der Waals surface area contributed by atoms with Gasteiger partial charge in [-0.05, 0) is 106 Å². The fraction of sp³-hybridized carbons (Fsp3) is 0.731. The molecule has 1 aromatic carbocycles. The average molecular weight is 399 g/mol. The number of carbonyl (C=O) groups excluding carboxylic acids is 1. The number of esters is 1. The molecule has 3 nitrogen and oxygen atoms in total. The summed E-state index contributed by atoms with van der Waals surface area (Å²) in [5.74, 6) is 3.76. The highest BCUT2D eigenvalue weighted by atomic mass is 16.5. The van der Waals surface area contributed by atoms with E-state index in [0.717, 1.165) is 56.3 Å². The lowest BCUT2D eigenvalue weighted by Crippen LogP contribution is -2.31. The highest BCUT2D eigenvalue weighted by Gasteiger charge is 2.34. The molecule has 0 bridgehead atoms. The largest absolute Gasteiger partial charge is 0.508 e. The molecule has 3 aliphatic rings. The van der Waals surface area contributed by atoms with Gasteiger partial charge in [0, 0.05) is 0 Å². The third kappa shape index (κ3) is 5.35. The topological polar surface area (TPSA) is 46.5 Å². The molecule has 4 rings (SSSR count). The van der Waals surface area contributed by atoms with E-state index >= 15 is 0 Å². The Morgan fingerprint density at radius 2 is 1.34 bits per heavy atom. The van der Waals surface area contributed by atoms with Gasteiger partial charge >= 0.3 is 5.97 Å². The molecule has 0 aromatic heterocycles. The van der Waals surface area contributed by atoms with Crippen molar-refractivity contribution in [3.8, 4) is 5.75 Å². The monoisotopic (exact) mass is 398 g/mol. The van der Waals surface area contributed by atoms with E-state index in [1.807, 2.05) is 12.1 Å². The van der Waals surface area contributed by atoms with Crippen molar-refractivity contribution < 1.29 is 14.6 Å². The lowest BCUT2D eigenvalue weighted by atomic mass is 9.69. The minimum absolute atomic E-state index is 0.0776. The Labute approximate surface area is 176 Å². The second kappa shape index (κ2) is 9.53. The van der Waals surface area contributed by atoms with E-state index in [-0.39, 0.29) is 18.0 Å². The van der Waals surface area contributed by atoms with Crippen LogP contribution in [0.2, 0.25) is 0 Å². The maximum atomic E-state index is 12.7. The molecule has 0 atom stereocenters. The SMILES string of the molecule is C[C@H]1CC[C@H](C2CCC(C(=O)O[C@H]3CC[C@H](c4ccc(O)cc4)CC3)CC2)CC1. The van der Waals surface area contributed by atoms with Crippen LogP contribution in [0, 0.1) is 23.7 Å². The van der Waals surface area contributed by atoms with Gasteiger partial charge in [0.25, 0.3) is 0 Å². The van der Waals surface area contributed by atoms with Gasteiger partial charge in [-0.2, -0.15) is 0 Å². The third-order valence-electron chi connectivity index (χ3n) is 8.15. The molecular formula is C26H38O3. The van der Waals surface area contributed by atoms with Gasteiger partial charge in [-0.25, -0.2) is 0 Å². The number of carbonyl (C=O) groups is 1. The lowest BCUT2D eigenvalue weighted by Gasteiger charge is -2.37. The summed E-state index contributed by atoms with van der Waals surface area (Å²) < 4.78 is 5.95. The van der Waals surface area contributed by atoms with Crippen LogP contribution in [0.1, 0.15) is 95.5 Å². The zero-order valence-electron chi connectivity index (χ0n) is 18.0. The number of phenols is 1. The van der Waals surface area contributed by atoms with Gasteiger partial charge in [0.15, 0.2) is 0 Å². The van der Waals surface area contributed by atoms with Crippen molar-refractivity contribution in [2.24, 2.45) is 23.7 Å². The van der Waals surface area contributed by atoms with Crippen LogP contribution >= 0.6 is 0 Å². The minimum atomic E-state index is 0.0776. The molecular weight excluding hydrogens is 360 g/mol. The molecule has 3 fully saturated rings. The number of ether oxygens (including phenoxy) is 1. The molecule has 1 aromatic rings. The van der Waals surface area contributed by atoms with Crippen LogP contribution in [0.5, 0.6) is 5.75 Å². The van der Waals surface area contributed by atoms with E-state index in [1.54, 1.807) is 12.1 Å². The first-order chi connectivity index (χ1) is 14.1. The summed E-state index contributed by atoms with van der Waals surface area (Å²) in [6.45, 7) is 2.39. The van der Waals surface area contributed by atoms with Crippen molar-refractivity contribution in [3.63, 3.8) is 0 Å². The minimum Gasteiger partial charge on any atom is -0.508 e. The molecule has 160 valence electrons. The highest BCUT2D eigenvalue weighted by Crippen LogP contribution is 2.42. The van der Waals surface area contributed by atoms with Gasteiger partial charge < -0.3 is 9.84 Å². The predicted octanol–water partition coefficient (Wildman–Crippen LogP) is 6.59. The predicted molar refractivity (Wildman–Crippen MR) is 116 cm³/mol. The van der Waals surface area contributed by atoms with Crippen LogP contribution < -0.4 is 0 Å². The Bertz CT molecular complexity index is 643. The highest BCUT2D eigenvalue weighted by molar-refractivity contribution is 5.72. The Balaban J connectivity index is 1.18. The standard InChI is InChI=1S/C26H38O3/c1-18-2-4-19(5-3-18)20-6-8-23(9-7-20)26(28)29-25-16-12-22(13-17-25)21-10-14-24(27)15-11-21/h10-11,14-15,18-20,22-23,25,27H,2-9,12-13,16-17H2,1H3/t18-,19-,20?,22-,23?,25-. The Morgan fingerprint density at radius 3 is 1.93 bits per heavy atom. The second-order valence-corrected chi connectivity index (χ2v) is 10.1. The Kier molecular flexibility index (Phi) is 6.82. The van der Waals surface area contributed by atoms with Crippen molar-refractivity contribution in [1.82, 2.24) is 0 Å². The number of hydrogen-bond donors (Lipinski definition) is 1. The molecule has 1 N–H and O–H groups in total. The fourth-order valence-corrected chi connectivity index (χ4v) is 6.10. The van der Waals surface area contributed by atoms with Crippen LogP contribution in [-0.4, -0.2) is 17.2 Å². The third-order valence-corrected chi connectivity index (χ3v) is 8.15. The number of benzene rings is 1. The summed E-state index contributed by atoms with van der Waals surface area (Å²) >= 11 is 0. The maximum absolute atomic E-state index is 12.7. The van der Waals surface area contributed by atoms with E-state index in [1.165, 1.54) is 44.1 Å². The zero-order valence-corrected chi connectivity index (χ0v) is 18.0. The first kappa shape index (κ1) is 20.8. The summed E-state index contributed by atoms with van der Waals surface area (Å²) in [6, 6.07) is 7.59. The number of rotatable bonds is 4. The van der Waals surface area contributed by atoms with Gasteiger partial charge in [0.05, 0.1) is 5.92 Å². The van der Waals surface area contributed by atoms with E-state index < -0.39 is 0 Å². The van der Waals surface area contributed by atoms with E-state index in [2.05, 4.69) is 6.92 Å². The number of aromatic hydroxyl groups is 1. The molecule has 29 heavy (non-hydrogen) atoms. The molecule has 0 heterocycles. The molecule has 3 heteroatoms. The molecule has 0 radical (unpaired) electrons. The average Bonchev–Trinajstić information content (AvgIpc) is 2.76. The number of hydrogen-bond acceptors (Lipinski definition) is 3. The van der Waals surface area contributed by atoms with Gasteiger partial charge in [-0.15, -0.1) is 0 Å². The normalized spacial score (nSPS) is 35.8. The summed E-state index contributed by atoms with van der Waals surface area (Å²) in [7, 11) is 0. The van der Waals surface area contributed by atoms with Crippen molar-refractivity contribution in [2.75, 3.05) is 0 Å². The van der Waals surface area contributed by atoms with Crippen molar-refractivity contribution >= 4 is 5.97 Å². The first-order valence-corrected chi connectivity index (χ1v) is 12.1. The zero-order chi connectivity index (χ0) is 20.2.